The van der Waals surface area contributed by atoms with E-state index in [1.54, 1.807) is 18.2 Å². The number of hydrogen-bond donors (Lipinski definition) is 3. The standard InChI is InChI=1S/C24H21N3O3/c1-14(28)25-20-11-18(12-21(13-20)26-15(2)29)24(30)27-19-7-8-23-17(10-19)9-16-5-3-4-6-22(16)23/h3-8,10-13H,9H2,1-2H3,(H,25,28)(H,26,29)(H,27,30). The van der Waals surface area contributed by atoms with Crippen molar-refractivity contribution < 1.29 is 14.4 Å². The summed E-state index contributed by atoms with van der Waals surface area (Å²) in [5.41, 5.74) is 6.74. The van der Waals surface area contributed by atoms with Crippen molar-refractivity contribution in [2.75, 3.05) is 16.0 Å². The largest absolute Gasteiger partial charge is 0.326 e. The highest BCUT2D eigenvalue weighted by Crippen LogP contribution is 2.37. The van der Waals surface area contributed by atoms with Gasteiger partial charge in [-0.2, -0.15) is 0 Å². The van der Waals surface area contributed by atoms with Crippen LogP contribution >= 0.6 is 0 Å². The van der Waals surface area contributed by atoms with Crippen LogP contribution in [-0.4, -0.2) is 17.7 Å². The maximum atomic E-state index is 12.9. The Bertz CT molecular complexity index is 1150. The zero-order valence-electron chi connectivity index (χ0n) is 16.7. The smallest absolute Gasteiger partial charge is 0.255 e. The average molecular weight is 399 g/mol. The third-order valence-electron chi connectivity index (χ3n) is 4.89. The molecule has 0 heterocycles. The van der Waals surface area contributed by atoms with Gasteiger partial charge in [0.25, 0.3) is 5.91 Å². The highest BCUT2D eigenvalue weighted by molar-refractivity contribution is 6.07. The first-order chi connectivity index (χ1) is 14.4. The van der Waals surface area contributed by atoms with Gasteiger partial charge in [0.2, 0.25) is 11.8 Å². The van der Waals surface area contributed by atoms with Crippen LogP contribution < -0.4 is 16.0 Å². The number of anilines is 3. The van der Waals surface area contributed by atoms with Gasteiger partial charge in [-0.15, -0.1) is 0 Å². The Kier molecular flexibility index (Phi) is 5.06. The average Bonchev–Trinajstić information content (AvgIpc) is 3.04. The fourth-order valence-corrected chi connectivity index (χ4v) is 3.74. The molecular formula is C24H21N3O3. The van der Waals surface area contributed by atoms with E-state index in [0.717, 1.165) is 6.42 Å². The molecule has 0 aliphatic heterocycles. The highest BCUT2D eigenvalue weighted by atomic mass is 16.2. The molecule has 4 rings (SSSR count). The molecular weight excluding hydrogens is 378 g/mol. The van der Waals surface area contributed by atoms with Gasteiger partial charge < -0.3 is 16.0 Å². The predicted molar refractivity (Wildman–Crippen MR) is 118 cm³/mol. The molecule has 1 aliphatic carbocycles. The van der Waals surface area contributed by atoms with E-state index in [-0.39, 0.29) is 17.7 Å². The second-order valence-corrected chi connectivity index (χ2v) is 7.32. The Labute approximate surface area is 174 Å². The fourth-order valence-electron chi connectivity index (χ4n) is 3.74. The molecule has 0 unspecified atom stereocenters. The Morgan fingerprint density at radius 3 is 1.97 bits per heavy atom. The topological polar surface area (TPSA) is 87.3 Å². The number of carbonyl (C=O) groups is 3. The summed E-state index contributed by atoms with van der Waals surface area (Å²) in [6.07, 6.45) is 0.833. The van der Waals surface area contributed by atoms with Crippen LogP contribution in [0.1, 0.15) is 35.3 Å². The maximum absolute atomic E-state index is 12.9. The second-order valence-electron chi connectivity index (χ2n) is 7.32. The molecule has 0 bridgehead atoms. The molecule has 3 N–H and O–H groups in total. The normalized spacial score (nSPS) is 11.3. The van der Waals surface area contributed by atoms with E-state index >= 15 is 0 Å². The van der Waals surface area contributed by atoms with Crippen LogP contribution in [-0.2, 0) is 16.0 Å². The van der Waals surface area contributed by atoms with Crippen molar-refractivity contribution in [3.8, 4) is 11.1 Å². The van der Waals surface area contributed by atoms with Gasteiger partial charge in [-0.05, 0) is 59.0 Å². The van der Waals surface area contributed by atoms with Crippen LogP contribution in [0.5, 0.6) is 0 Å². The number of rotatable bonds is 4. The van der Waals surface area contributed by atoms with Gasteiger partial charge in [-0.25, -0.2) is 0 Å². The summed E-state index contributed by atoms with van der Waals surface area (Å²) in [7, 11) is 0. The van der Waals surface area contributed by atoms with E-state index in [1.807, 2.05) is 30.3 Å². The Morgan fingerprint density at radius 2 is 1.30 bits per heavy atom. The van der Waals surface area contributed by atoms with Crippen LogP contribution in [0.3, 0.4) is 0 Å². The van der Waals surface area contributed by atoms with E-state index in [9.17, 15) is 14.4 Å². The van der Waals surface area contributed by atoms with Crippen molar-refractivity contribution in [2.24, 2.45) is 0 Å². The first-order valence-corrected chi connectivity index (χ1v) is 9.62. The summed E-state index contributed by atoms with van der Waals surface area (Å²) in [6.45, 7) is 2.76. The van der Waals surface area contributed by atoms with Crippen LogP contribution in [0.25, 0.3) is 11.1 Å². The second kappa shape index (κ2) is 7.83. The van der Waals surface area contributed by atoms with Crippen molar-refractivity contribution in [3.05, 3.63) is 77.4 Å². The molecule has 0 radical (unpaired) electrons. The van der Waals surface area contributed by atoms with Crippen molar-refractivity contribution >= 4 is 34.8 Å². The monoisotopic (exact) mass is 399 g/mol. The zero-order chi connectivity index (χ0) is 21.3. The van der Waals surface area contributed by atoms with E-state index in [1.165, 1.54) is 36.1 Å². The van der Waals surface area contributed by atoms with Crippen LogP contribution in [0.4, 0.5) is 17.1 Å². The van der Waals surface area contributed by atoms with Gasteiger partial charge in [0.1, 0.15) is 0 Å². The lowest BCUT2D eigenvalue weighted by Crippen LogP contribution is -2.15. The third kappa shape index (κ3) is 4.07. The molecule has 0 saturated carbocycles. The molecule has 1 aliphatic rings. The van der Waals surface area contributed by atoms with Gasteiger partial charge in [-0.1, -0.05) is 30.3 Å². The molecule has 3 aromatic rings. The minimum atomic E-state index is -0.329. The molecule has 0 saturated heterocycles. The zero-order valence-corrected chi connectivity index (χ0v) is 16.7. The Hall–Kier alpha value is -3.93. The van der Waals surface area contributed by atoms with Crippen molar-refractivity contribution in [3.63, 3.8) is 0 Å². The molecule has 150 valence electrons. The Balaban J connectivity index is 1.59. The third-order valence-corrected chi connectivity index (χ3v) is 4.89. The molecule has 0 spiro atoms. The number of benzene rings is 3. The SMILES string of the molecule is CC(=O)Nc1cc(NC(C)=O)cc(C(=O)Nc2ccc3c(c2)Cc2ccccc2-3)c1. The summed E-state index contributed by atoms with van der Waals surface area (Å²) in [4.78, 5) is 35.7. The molecule has 3 aromatic carbocycles. The minimum Gasteiger partial charge on any atom is -0.326 e. The molecule has 0 fully saturated rings. The molecule has 6 heteroatoms. The number of nitrogens with one attached hydrogen (secondary N) is 3. The van der Waals surface area contributed by atoms with E-state index in [2.05, 4.69) is 28.1 Å². The van der Waals surface area contributed by atoms with E-state index in [4.69, 9.17) is 0 Å². The molecule has 6 nitrogen and oxygen atoms in total. The van der Waals surface area contributed by atoms with Gasteiger partial charge in [-0.3, -0.25) is 14.4 Å². The lowest BCUT2D eigenvalue weighted by atomic mass is 10.1. The van der Waals surface area contributed by atoms with Gasteiger partial charge in [0, 0.05) is 36.5 Å². The molecule has 30 heavy (non-hydrogen) atoms. The van der Waals surface area contributed by atoms with Gasteiger partial charge in [0.05, 0.1) is 0 Å². The number of fused-ring (bicyclic) bond motifs is 3. The van der Waals surface area contributed by atoms with Crippen molar-refractivity contribution in [2.45, 2.75) is 20.3 Å². The van der Waals surface area contributed by atoms with Crippen LogP contribution in [0.15, 0.2) is 60.7 Å². The number of amides is 3. The summed E-state index contributed by atoms with van der Waals surface area (Å²) < 4.78 is 0. The van der Waals surface area contributed by atoms with Gasteiger partial charge >= 0.3 is 0 Å². The maximum Gasteiger partial charge on any atom is 0.255 e. The molecule has 0 atom stereocenters. The highest BCUT2D eigenvalue weighted by Gasteiger charge is 2.18. The summed E-state index contributed by atoms with van der Waals surface area (Å²) >= 11 is 0. The van der Waals surface area contributed by atoms with Gasteiger partial charge in [0.15, 0.2) is 0 Å². The quantitative estimate of drug-likeness (QED) is 0.474. The predicted octanol–water partition coefficient (Wildman–Crippen LogP) is 4.43. The summed E-state index contributed by atoms with van der Waals surface area (Å²) in [5, 5.41) is 8.21. The summed E-state index contributed by atoms with van der Waals surface area (Å²) in [6, 6.07) is 18.9. The Morgan fingerprint density at radius 1 is 0.667 bits per heavy atom. The fraction of sp³-hybridized carbons (Fsp3) is 0.125. The number of carbonyl (C=O) groups excluding carboxylic acids is 3. The van der Waals surface area contributed by atoms with E-state index < -0.39 is 0 Å². The van der Waals surface area contributed by atoms with Crippen molar-refractivity contribution in [1.82, 2.24) is 0 Å². The van der Waals surface area contributed by atoms with E-state index in [0.29, 0.717) is 22.6 Å². The van der Waals surface area contributed by atoms with Crippen molar-refractivity contribution in [1.29, 1.82) is 0 Å². The molecule has 3 amide bonds. The molecule has 0 aromatic heterocycles. The number of hydrogen-bond acceptors (Lipinski definition) is 3. The first-order valence-electron chi connectivity index (χ1n) is 9.62. The minimum absolute atomic E-state index is 0.264. The van der Waals surface area contributed by atoms with Crippen LogP contribution in [0.2, 0.25) is 0 Å². The lowest BCUT2D eigenvalue weighted by Gasteiger charge is -2.12. The first kappa shape index (κ1) is 19.4. The lowest BCUT2D eigenvalue weighted by molar-refractivity contribution is -0.115. The van der Waals surface area contributed by atoms with Crippen LogP contribution in [0, 0.1) is 0 Å². The summed E-state index contributed by atoms with van der Waals surface area (Å²) in [5.74, 6) is -0.858.